The number of nitrogens with zero attached hydrogens (tertiary/aromatic N) is 2. The maximum atomic E-state index is 12.9. The van der Waals surface area contributed by atoms with E-state index >= 15 is 0 Å². The lowest BCUT2D eigenvalue weighted by Gasteiger charge is -2.37. The third kappa shape index (κ3) is 3.79. The third-order valence-electron chi connectivity index (χ3n) is 3.62. The quantitative estimate of drug-likeness (QED) is 0.830. The summed E-state index contributed by atoms with van der Waals surface area (Å²) in [6, 6.07) is 6.63. The second-order valence-corrected chi connectivity index (χ2v) is 6.44. The zero-order valence-electron chi connectivity index (χ0n) is 12.5. The first-order valence-corrected chi connectivity index (χ1v) is 7.12. The van der Waals surface area contributed by atoms with Gasteiger partial charge < -0.3 is 4.90 Å². The van der Waals surface area contributed by atoms with Crippen molar-refractivity contribution < 1.29 is 9.18 Å². The van der Waals surface area contributed by atoms with Gasteiger partial charge in [-0.3, -0.25) is 9.69 Å². The second kappa shape index (κ2) is 5.92. The summed E-state index contributed by atoms with van der Waals surface area (Å²) in [5.74, 6) is 0.0216. The first-order valence-electron chi connectivity index (χ1n) is 7.12. The molecule has 1 aromatic rings. The maximum absolute atomic E-state index is 12.9. The monoisotopic (exact) mass is 278 g/mol. The Morgan fingerprint density at radius 2 is 1.65 bits per heavy atom. The largest absolute Gasteiger partial charge is 0.340 e. The first-order chi connectivity index (χ1) is 9.36. The van der Waals surface area contributed by atoms with Crippen LogP contribution in [0.4, 0.5) is 4.39 Å². The van der Waals surface area contributed by atoms with Gasteiger partial charge in [-0.15, -0.1) is 0 Å². The Labute approximate surface area is 120 Å². The van der Waals surface area contributed by atoms with Crippen LogP contribution in [0.2, 0.25) is 0 Å². The number of carbonyl (C=O) groups is 1. The van der Waals surface area contributed by atoms with Crippen LogP contribution in [0.1, 0.15) is 26.3 Å². The Morgan fingerprint density at radius 3 is 2.15 bits per heavy atom. The normalized spacial score (nSPS) is 17.3. The standard InChI is InChI=1S/C16H23FN2O/c1-16(2,3)15(20)19-10-8-18(9-11-19)12-13-4-6-14(17)7-5-13/h4-7H,8-12H2,1-3H3. The van der Waals surface area contributed by atoms with Crippen molar-refractivity contribution in [2.24, 2.45) is 5.41 Å². The number of amides is 1. The highest BCUT2D eigenvalue weighted by Crippen LogP contribution is 2.19. The summed E-state index contributed by atoms with van der Waals surface area (Å²) in [6.45, 7) is 9.99. The van der Waals surface area contributed by atoms with Crippen molar-refractivity contribution in [1.82, 2.24) is 9.80 Å². The lowest BCUT2D eigenvalue weighted by Crippen LogP contribution is -2.51. The fourth-order valence-corrected chi connectivity index (χ4v) is 2.43. The van der Waals surface area contributed by atoms with E-state index in [1.54, 1.807) is 0 Å². The summed E-state index contributed by atoms with van der Waals surface area (Å²) < 4.78 is 12.9. The zero-order valence-corrected chi connectivity index (χ0v) is 12.5. The van der Waals surface area contributed by atoms with E-state index in [1.807, 2.05) is 37.8 Å². The van der Waals surface area contributed by atoms with Gasteiger partial charge in [0.15, 0.2) is 0 Å². The first kappa shape index (κ1) is 15.0. The minimum Gasteiger partial charge on any atom is -0.340 e. The number of carbonyl (C=O) groups excluding carboxylic acids is 1. The van der Waals surface area contributed by atoms with E-state index in [0.717, 1.165) is 38.3 Å². The van der Waals surface area contributed by atoms with Gasteiger partial charge in [-0.2, -0.15) is 0 Å². The maximum Gasteiger partial charge on any atom is 0.228 e. The Hall–Kier alpha value is -1.42. The second-order valence-electron chi connectivity index (χ2n) is 6.44. The SMILES string of the molecule is CC(C)(C)C(=O)N1CCN(Cc2ccc(F)cc2)CC1. The van der Waals surface area contributed by atoms with Gasteiger partial charge in [0.1, 0.15) is 5.82 Å². The van der Waals surface area contributed by atoms with Crippen LogP contribution < -0.4 is 0 Å². The van der Waals surface area contributed by atoms with E-state index in [4.69, 9.17) is 0 Å². The van der Waals surface area contributed by atoms with Crippen LogP contribution in [-0.2, 0) is 11.3 Å². The van der Waals surface area contributed by atoms with Gasteiger partial charge in [-0.25, -0.2) is 4.39 Å². The molecule has 0 atom stereocenters. The van der Waals surface area contributed by atoms with E-state index in [1.165, 1.54) is 12.1 Å². The average Bonchev–Trinajstić information content (AvgIpc) is 2.40. The van der Waals surface area contributed by atoms with Crippen LogP contribution >= 0.6 is 0 Å². The van der Waals surface area contributed by atoms with Crippen molar-refractivity contribution in [3.8, 4) is 0 Å². The van der Waals surface area contributed by atoms with Gasteiger partial charge in [0.25, 0.3) is 0 Å². The number of hydrogen-bond donors (Lipinski definition) is 0. The molecule has 0 aliphatic carbocycles. The summed E-state index contributed by atoms with van der Waals surface area (Å²) in [4.78, 5) is 16.4. The van der Waals surface area contributed by atoms with Crippen LogP contribution in [0.5, 0.6) is 0 Å². The predicted octanol–water partition coefficient (Wildman–Crippen LogP) is 2.52. The smallest absolute Gasteiger partial charge is 0.228 e. The molecular weight excluding hydrogens is 255 g/mol. The Morgan fingerprint density at radius 1 is 1.10 bits per heavy atom. The molecule has 0 spiro atoms. The third-order valence-corrected chi connectivity index (χ3v) is 3.62. The molecule has 20 heavy (non-hydrogen) atoms. The van der Waals surface area contributed by atoms with Gasteiger partial charge in [-0.1, -0.05) is 32.9 Å². The van der Waals surface area contributed by atoms with Crippen LogP contribution in [-0.4, -0.2) is 41.9 Å². The van der Waals surface area contributed by atoms with Gasteiger partial charge in [-0.05, 0) is 17.7 Å². The lowest BCUT2D eigenvalue weighted by molar-refractivity contribution is -0.141. The summed E-state index contributed by atoms with van der Waals surface area (Å²) in [5, 5.41) is 0. The Kier molecular flexibility index (Phi) is 4.43. The summed E-state index contributed by atoms with van der Waals surface area (Å²) in [6.07, 6.45) is 0. The topological polar surface area (TPSA) is 23.6 Å². The number of hydrogen-bond acceptors (Lipinski definition) is 2. The molecule has 0 unspecified atom stereocenters. The molecule has 1 saturated heterocycles. The molecule has 0 N–H and O–H groups in total. The highest BCUT2D eigenvalue weighted by molar-refractivity contribution is 5.81. The van der Waals surface area contributed by atoms with E-state index in [9.17, 15) is 9.18 Å². The summed E-state index contributed by atoms with van der Waals surface area (Å²) in [5.41, 5.74) is 0.807. The molecule has 1 fully saturated rings. The van der Waals surface area contributed by atoms with Crippen LogP contribution in [0.15, 0.2) is 24.3 Å². The Balaban J connectivity index is 1.85. The Bertz CT molecular complexity index is 456. The van der Waals surface area contributed by atoms with Gasteiger partial charge >= 0.3 is 0 Å². The fourth-order valence-electron chi connectivity index (χ4n) is 2.43. The zero-order chi connectivity index (χ0) is 14.8. The molecule has 0 bridgehead atoms. The molecule has 1 aromatic carbocycles. The highest BCUT2D eigenvalue weighted by Gasteiger charge is 2.29. The molecule has 3 nitrogen and oxygen atoms in total. The number of halogens is 1. The number of piperazine rings is 1. The van der Waals surface area contributed by atoms with Gasteiger partial charge in [0.2, 0.25) is 5.91 Å². The van der Waals surface area contributed by atoms with E-state index in [-0.39, 0.29) is 17.1 Å². The predicted molar refractivity (Wildman–Crippen MR) is 77.7 cm³/mol. The van der Waals surface area contributed by atoms with Crippen LogP contribution in [0.25, 0.3) is 0 Å². The fraction of sp³-hybridized carbons (Fsp3) is 0.562. The molecule has 110 valence electrons. The summed E-state index contributed by atoms with van der Waals surface area (Å²) >= 11 is 0. The van der Waals surface area contributed by atoms with E-state index < -0.39 is 0 Å². The van der Waals surface area contributed by atoms with Crippen LogP contribution in [0.3, 0.4) is 0 Å². The molecular formula is C16H23FN2O. The molecule has 0 aromatic heterocycles. The molecule has 4 heteroatoms. The molecule has 2 rings (SSSR count). The molecule has 0 saturated carbocycles. The molecule has 1 aliphatic rings. The van der Waals surface area contributed by atoms with Gasteiger partial charge in [0.05, 0.1) is 0 Å². The van der Waals surface area contributed by atoms with Crippen molar-refractivity contribution in [2.75, 3.05) is 26.2 Å². The van der Waals surface area contributed by atoms with Crippen molar-refractivity contribution in [3.63, 3.8) is 0 Å². The summed E-state index contributed by atoms with van der Waals surface area (Å²) in [7, 11) is 0. The molecule has 0 radical (unpaired) electrons. The van der Waals surface area contributed by atoms with E-state index in [2.05, 4.69) is 4.90 Å². The highest BCUT2D eigenvalue weighted by atomic mass is 19.1. The van der Waals surface area contributed by atoms with Crippen molar-refractivity contribution >= 4 is 5.91 Å². The molecule has 1 amide bonds. The van der Waals surface area contributed by atoms with Crippen LogP contribution in [0, 0.1) is 11.2 Å². The lowest BCUT2D eigenvalue weighted by atomic mass is 9.94. The average molecular weight is 278 g/mol. The van der Waals surface area contributed by atoms with Crippen molar-refractivity contribution in [2.45, 2.75) is 27.3 Å². The van der Waals surface area contributed by atoms with Crippen molar-refractivity contribution in [1.29, 1.82) is 0 Å². The molecule has 1 aliphatic heterocycles. The van der Waals surface area contributed by atoms with Gasteiger partial charge in [0, 0.05) is 38.1 Å². The molecule has 1 heterocycles. The van der Waals surface area contributed by atoms with E-state index in [0.29, 0.717) is 0 Å². The number of rotatable bonds is 2. The number of benzene rings is 1. The minimum absolute atomic E-state index is 0.200. The van der Waals surface area contributed by atoms with Crippen molar-refractivity contribution in [3.05, 3.63) is 35.6 Å². The minimum atomic E-state index is -0.306.